The van der Waals surface area contributed by atoms with E-state index in [9.17, 15) is 4.79 Å². The van der Waals surface area contributed by atoms with Crippen molar-refractivity contribution in [3.63, 3.8) is 0 Å². The average Bonchev–Trinajstić information content (AvgIpc) is 3.24. The lowest BCUT2D eigenvalue weighted by molar-refractivity contribution is 0.0666. The van der Waals surface area contributed by atoms with Crippen LogP contribution in [0.1, 0.15) is 33.2 Å². The topological polar surface area (TPSA) is 74.6 Å². The second kappa shape index (κ2) is 6.88. The molecule has 0 radical (unpaired) electrons. The number of para-hydroxylation sites is 1. The number of benzene rings is 3. The molecule has 6 heteroatoms. The fourth-order valence-electron chi connectivity index (χ4n) is 3.69. The molecule has 0 aromatic heterocycles. The Kier molecular flexibility index (Phi) is 4.07. The molecule has 2 aliphatic rings. The fraction of sp³-hybridized carbons (Fsp3) is 0.130. The van der Waals surface area contributed by atoms with Crippen molar-refractivity contribution >= 4 is 11.6 Å². The maximum Gasteiger partial charge on any atom is 0.258 e. The highest BCUT2D eigenvalue weighted by molar-refractivity contribution is 6.01. The number of nitrogens with one attached hydrogen (secondary N) is 1. The van der Waals surface area contributed by atoms with Gasteiger partial charge in [0.2, 0.25) is 6.79 Å². The van der Waals surface area contributed by atoms with E-state index in [1.165, 1.54) is 0 Å². The first-order chi connectivity index (χ1) is 14.2. The van der Waals surface area contributed by atoms with Crippen molar-refractivity contribution in [1.82, 2.24) is 4.90 Å². The minimum absolute atomic E-state index is 0.0497. The van der Waals surface area contributed by atoms with Crippen LogP contribution in [0.25, 0.3) is 0 Å². The second-order valence-electron chi connectivity index (χ2n) is 6.95. The monoisotopic (exact) mass is 383 g/mol. The minimum atomic E-state index is -0.351. The summed E-state index contributed by atoms with van der Waals surface area (Å²) in [6.45, 7) is 0.617. The molecule has 1 N–H and O–H groups in total. The van der Waals surface area contributed by atoms with Crippen molar-refractivity contribution in [2.45, 2.75) is 12.7 Å². The van der Waals surface area contributed by atoms with Gasteiger partial charge in [-0.3, -0.25) is 4.79 Å². The molecule has 0 saturated carbocycles. The van der Waals surface area contributed by atoms with Crippen LogP contribution in [-0.2, 0) is 6.54 Å². The van der Waals surface area contributed by atoms with E-state index in [-0.39, 0.29) is 18.9 Å². The SMILES string of the molecule is N#Cc1ccc(C2Nc3ccccc3C(=O)N2Cc2ccc3c(c2)OCO3)cc1. The van der Waals surface area contributed by atoms with Crippen LogP contribution in [0, 0.1) is 11.3 Å². The van der Waals surface area contributed by atoms with E-state index in [0.29, 0.717) is 29.2 Å². The molecule has 2 heterocycles. The summed E-state index contributed by atoms with van der Waals surface area (Å²) >= 11 is 0. The van der Waals surface area contributed by atoms with Gasteiger partial charge in [0.05, 0.1) is 17.2 Å². The van der Waals surface area contributed by atoms with Crippen LogP contribution in [0.2, 0.25) is 0 Å². The van der Waals surface area contributed by atoms with Gasteiger partial charge in [-0.05, 0) is 47.5 Å². The standard InChI is InChI=1S/C23H17N3O3/c24-12-15-5-8-17(9-6-15)22-25-19-4-2-1-3-18(19)23(27)26(22)13-16-7-10-20-21(11-16)29-14-28-20/h1-11,22,25H,13-14H2. The van der Waals surface area contributed by atoms with E-state index in [1.54, 1.807) is 17.0 Å². The van der Waals surface area contributed by atoms with Crippen LogP contribution in [-0.4, -0.2) is 17.6 Å². The molecule has 1 atom stereocenters. The third kappa shape index (κ3) is 3.03. The van der Waals surface area contributed by atoms with Gasteiger partial charge < -0.3 is 19.7 Å². The Morgan fingerprint density at radius 2 is 1.83 bits per heavy atom. The molecule has 29 heavy (non-hydrogen) atoms. The van der Waals surface area contributed by atoms with Gasteiger partial charge in [-0.15, -0.1) is 0 Å². The van der Waals surface area contributed by atoms with Gasteiger partial charge in [-0.2, -0.15) is 5.26 Å². The van der Waals surface area contributed by atoms with Gasteiger partial charge in [0.1, 0.15) is 6.17 Å². The molecular weight excluding hydrogens is 366 g/mol. The zero-order valence-electron chi connectivity index (χ0n) is 15.5. The van der Waals surface area contributed by atoms with Gasteiger partial charge in [0, 0.05) is 12.2 Å². The zero-order valence-corrected chi connectivity index (χ0v) is 15.5. The minimum Gasteiger partial charge on any atom is -0.454 e. The smallest absolute Gasteiger partial charge is 0.258 e. The number of carbonyl (C=O) groups excluding carboxylic acids is 1. The number of fused-ring (bicyclic) bond motifs is 2. The molecule has 3 aromatic rings. The number of carbonyl (C=O) groups is 1. The van der Waals surface area contributed by atoms with Crippen LogP contribution in [0.4, 0.5) is 5.69 Å². The first-order valence-corrected chi connectivity index (χ1v) is 9.28. The normalized spacial score (nSPS) is 16.7. The molecule has 0 saturated heterocycles. The number of anilines is 1. The quantitative estimate of drug-likeness (QED) is 0.738. The molecule has 3 aromatic carbocycles. The predicted molar refractivity (Wildman–Crippen MR) is 106 cm³/mol. The van der Waals surface area contributed by atoms with Crippen LogP contribution in [0.5, 0.6) is 11.5 Å². The van der Waals surface area contributed by atoms with Crippen molar-refractivity contribution < 1.29 is 14.3 Å². The summed E-state index contributed by atoms with van der Waals surface area (Å²) in [7, 11) is 0. The number of nitrogens with zero attached hydrogens (tertiary/aromatic N) is 2. The summed E-state index contributed by atoms with van der Waals surface area (Å²) in [5.74, 6) is 1.35. The predicted octanol–water partition coefficient (Wildman–Crippen LogP) is 4.05. The van der Waals surface area contributed by atoms with Crippen LogP contribution in [0.3, 0.4) is 0 Å². The Labute approximate surface area is 167 Å². The summed E-state index contributed by atoms with van der Waals surface area (Å²) in [6.07, 6.45) is -0.351. The third-order valence-electron chi connectivity index (χ3n) is 5.17. The highest BCUT2D eigenvalue weighted by Gasteiger charge is 2.33. The zero-order chi connectivity index (χ0) is 19.8. The Bertz CT molecular complexity index is 1130. The molecular formula is C23H17N3O3. The van der Waals surface area contributed by atoms with E-state index in [1.807, 2.05) is 54.6 Å². The van der Waals surface area contributed by atoms with Gasteiger partial charge in [0.25, 0.3) is 5.91 Å². The van der Waals surface area contributed by atoms with Gasteiger partial charge >= 0.3 is 0 Å². The maximum atomic E-state index is 13.3. The molecule has 0 aliphatic carbocycles. The van der Waals surface area contributed by atoms with Crippen molar-refractivity contribution in [1.29, 1.82) is 5.26 Å². The number of hydrogen-bond donors (Lipinski definition) is 1. The number of nitriles is 1. The van der Waals surface area contributed by atoms with Gasteiger partial charge in [-0.25, -0.2) is 0 Å². The molecule has 6 nitrogen and oxygen atoms in total. The van der Waals surface area contributed by atoms with E-state index in [4.69, 9.17) is 14.7 Å². The second-order valence-corrected chi connectivity index (χ2v) is 6.95. The Morgan fingerprint density at radius 3 is 2.66 bits per heavy atom. The summed E-state index contributed by atoms with van der Waals surface area (Å²) in [4.78, 5) is 15.1. The first-order valence-electron chi connectivity index (χ1n) is 9.28. The van der Waals surface area contributed by atoms with Crippen LogP contribution in [0.15, 0.2) is 66.7 Å². The van der Waals surface area contributed by atoms with Crippen molar-refractivity contribution in [2.24, 2.45) is 0 Å². The molecule has 0 bridgehead atoms. The Balaban J connectivity index is 1.53. The van der Waals surface area contributed by atoms with E-state index in [2.05, 4.69) is 11.4 Å². The lowest BCUT2D eigenvalue weighted by Gasteiger charge is -2.38. The lowest BCUT2D eigenvalue weighted by atomic mass is 10.0. The highest BCUT2D eigenvalue weighted by Crippen LogP contribution is 2.36. The number of rotatable bonds is 3. The van der Waals surface area contributed by atoms with Crippen LogP contribution < -0.4 is 14.8 Å². The highest BCUT2D eigenvalue weighted by atomic mass is 16.7. The van der Waals surface area contributed by atoms with Crippen LogP contribution >= 0.6 is 0 Å². The molecule has 2 aliphatic heterocycles. The first kappa shape index (κ1) is 17.1. The molecule has 142 valence electrons. The van der Waals surface area contributed by atoms with E-state index < -0.39 is 0 Å². The molecule has 0 spiro atoms. The van der Waals surface area contributed by atoms with Gasteiger partial charge in [0.15, 0.2) is 11.5 Å². The summed E-state index contributed by atoms with van der Waals surface area (Å²) in [5.41, 5.74) is 3.88. The molecule has 1 unspecified atom stereocenters. The van der Waals surface area contributed by atoms with E-state index >= 15 is 0 Å². The number of amides is 1. The summed E-state index contributed by atoms with van der Waals surface area (Å²) in [6, 6.07) is 22.6. The summed E-state index contributed by atoms with van der Waals surface area (Å²) in [5, 5.41) is 12.6. The van der Waals surface area contributed by atoms with Crippen molar-refractivity contribution in [2.75, 3.05) is 12.1 Å². The Morgan fingerprint density at radius 1 is 1.03 bits per heavy atom. The molecule has 1 amide bonds. The largest absolute Gasteiger partial charge is 0.454 e. The third-order valence-corrected chi connectivity index (χ3v) is 5.17. The maximum absolute atomic E-state index is 13.3. The number of ether oxygens (including phenoxy) is 2. The molecule has 5 rings (SSSR count). The average molecular weight is 383 g/mol. The van der Waals surface area contributed by atoms with E-state index in [0.717, 1.165) is 16.8 Å². The van der Waals surface area contributed by atoms with Crippen molar-refractivity contribution in [3.05, 3.63) is 89.0 Å². The van der Waals surface area contributed by atoms with Crippen molar-refractivity contribution in [3.8, 4) is 17.6 Å². The Hall–Kier alpha value is -3.98. The van der Waals surface area contributed by atoms with Gasteiger partial charge in [-0.1, -0.05) is 30.3 Å². The molecule has 0 fully saturated rings. The fourth-order valence-corrected chi connectivity index (χ4v) is 3.69. The summed E-state index contributed by atoms with van der Waals surface area (Å²) < 4.78 is 10.9. The number of hydrogen-bond acceptors (Lipinski definition) is 5. The lowest BCUT2D eigenvalue weighted by Crippen LogP contribution is -2.42.